The molecule has 0 amide bonds. The number of alkyl halides is 1. The normalized spacial score (nSPS) is 11.2. The van der Waals surface area contributed by atoms with Gasteiger partial charge in [0.2, 0.25) is 0 Å². The number of nitrogens with zero attached hydrogens (tertiary/aromatic N) is 4. The van der Waals surface area contributed by atoms with E-state index in [2.05, 4.69) is 53.5 Å². The van der Waals surface area contributed by atoms with Crippen molar-refractivity contribution in [2.45, 2.75) is 27.7 Å². The zero-order valence-corrected chi connectivity index (χ0v) is 14.6. The molecule has 23 heavy (non-hydrogen) atoms. The number of aryl methyl sites for hydroxylation is 4. The van der Waals surface area contributed by atoms with Gasteiger partial charge in [-0.05, 0) is 44.9 Å². The molecule has 6 heteroatoms. The zero-order chi connectivity index (χ0) is 16.6. The molecule has 0 saturated carbocycles. The van der Waals surface area contributed by atoms with Gasteiger partial charge in [0.25, 0.3) is 0 Å². The summed E-state index contributed by atoms with van der Waals surface area (Å²) in [7, 11) is 0. The molecular weight excluding hydrogens is 310 g/mol. The first-order valence-electron chi connectivity index (χ1n) is 7.62. The summed E-state index contributed by atoms with van der Waals surface area (Å²) in [5.41, 5.74) is 7.96. The highest BCUT2D eigenvalue weighted by Gasteiger charge is 2.16. The Labute approximate surface area is 140 Å². The lowest BCUT2D eigenvalue weighted by Crippen LogP contribution is -2.06. The average molecular weight is 330 g/mol. The Kier molecular flexibility index (Phi) is 4.22. The molecule has 0 unspecified atom stereocenters. The molecule has 0 bridgehead atoms. The maximum absolute atomic E-state index is 5.78. The summed E-state index contributed by atoms with van der Waals surface area (Å²) in [5.74, 6) is 0.535. The Bertz CT molecular complexity index is 846. The van der Waals surface area contributed by atoms with Crippen molar-refractivity contribution in [3.63, 3.8) is 0 Å². The third kappa shape index (κ3) is 2.88. The maximum Gasteiger partial charge on any atom is 0.186 e. The smallest absolute Gasteiger partial charge is 0.186 e. The third-order valence-electron chi connectivity index (χ3n) is 3.79. The first-order valence-corrected chi connectivity index (χ1v) is 8.16. The second-order valence-corrected chi connectivity index (χ2v) is 6.23. The predicted octanol–water partition coefficient (Wildman–Crippen LogP) is 3.70. The van der Waals surface area contributed by atoms with Crippen LogP contribution in [-0.4, -0.2) is 32.4 Å². The number of pyridine rings is 1. The molecule has 0 saturated heterocycles. The average Bonchev–Trinajstić information content (AvgIpc) is 2.87. The van der Waals surface area contributed by atoms with E-state index in [-0.39, 0.29) is 0 Å². The molecule has 2 aromatic heterocycles. The van der Waals surface area contributed by atoms with Crippen LogP contribution in [0.25, 0.3) is 16.9 Å². The van der Waals surface area contributed by atoms with Crippen LogP contribution < -0.4 is 5.32 Å². The van der Waals surface area contributed by atoms with Crippen molar-refractivity contribution in [2.75, 3.05) is 17.7 Å². The number of fused-ring (bicyclic) bond motifs is 1. The fourth-order valence-corrected chi connectivity index (χ4v) is 3.10. The van der Waals surface area contributed by atoms with Crippen molar-refractivity contribution < 1.29 is 0 Å². The van der Waals surface area contributed by atoms with E-state index in [1.165, 1.54) is 5.56 Å². The quantitative estimate of drug-likeness (QED) is 0.741. The summed E-state index contributed by atoms with van der Waals surface area (Å²) in [6.45, 7) is 8.92. The molecule has 0 aliphatic carbocycles. The minimum absolute atomic E-state index is 0.535. The van der Waals surface area contributed by atoms with Crippen molar-refractivity contribution in [1.29, 1.82) is 0 Å². The first kappa shape index (κ1) is 15.7. The van der Waals surface area contributed by atoms with Crippen molar-refractivity contribution in [2.24, 2.45) is 0 Å². The van der Waals surface area contributed by atoms with Gasteiger partial charge in [0.1, 0.15) is 0 Å². The number of nitrogens with one attached hydrogen (secondary N) is 1. The van der Waals surface area contributed by atoms with Crippen molar-refractivity contribution in [3.8, 4) is 5.69 Å². The van der Waals surface area contributed by atoms with E-state index in [0.29, 0.717) is 12.4 Å². The number of anilines is 1. The van der Waals surface area contributed by atoms with Crippen LogP contribution in [0.15, 0.2) is 18.2 Å². The summed E-state index contributed by atoms with van der Waals surface area (Å²) >= 11 is 5.78. The monoisotopic (exact) mass is 329 g/mol. The lowest BCUT2D eigenvalue weighted by Gasteiger charge is -2.12. The zero-order valence-electron chi connectivity index (χ0n) is 13.8. The standard InChI is InChI=1S/C17H20ClN5/c1-10-7-11(2)16(12(3)8-10)23-17-15(21-22-23)14(19-6-5-18)9-13(4)20-17/h7-9H,5-6H2,1-4H3,(H,19,20). The van der Waals surface area contributed by atoms with Gasteiger partial charge in [-0.2, -0.15) is 4.68 Å². The number of hydrogen-bond acceptors (Lipinski definition) is 4. The van der Waals surface area contributed by atoms with E-state index in [9.17, 15) is 0 Å². The molecule has 3 rings (SSSR count). The largest absolute Gasteiger partial charge is 0.382 e. The van der Waals surface area contributed by atoms with Gasteiger partial charge in [0, 0.05) is 18.1 Å². The third-order valence-corrected chi connectivity index (χ3v) is 3.98. The maximum atomic E-state index is 5.78. The van der Waals surface area contributed by atoms with Gasteiger partial charge in [-0.25, -0.2) is 4.98 Å². The number of hydrogen-bond donors (Lipinski definition) is 1. The Balaban J connectivity index is 2.22. The number of benzene rings is 1. The topological polar surface area (TPSA) is 55.6 Å². The summed E-state index contributed by atoms with van der Waals surface area (Å²) in [6, 6.07) is 6.28. The highest BCUT2D eigenvalue weighted by molar-refractivity contribution is 6.18. The molecule has 0 aliphatic heterocycles. The van der Waals surface area contributed by atoms with E-state index >= 15 is 0 Å². The highest BCUT2D eigenvalue weighted by Crippen LogP contribution is 2.26. The number of aromatic nitrogens is 4. The summed E-state index contributed by atoms with van der Waals surface area (Å²) in [4.78, 5) is 4.65. The molecule has 0 atom stereocenters. The summed E-state index contributed by atoms with van der Waals surface area (Å²) in [6.07, 6.45) is 0. The number of rotatable bonds is 4. The Morgan fingerprint density at radius 3 is 2.43 bits per heavy atom. The molecule has 0 aliphatic rings. The molecule has 0 radical (unpaired) electrons. The van der Waals surface area contributed by atoms with Crippen LogP contribution >= 0.6 is 11.6 Å². The van der Waals surface area contributed by atoms with Crippen molar-refractivity contribution in [1.82, 2.24) is 20.0 Å². The molecular formula is C17H20ClN5. The Morgan fingerprint density at radius 2 is 1.78 bits per heavy atom. The lowest BCUT2D eigenvalue weighted by molar-refractivity contribution is 0.806. The predicted molar refractivity (Wildman–Crippen MR) is 94.8 cm³/mol. The van der Waals surface area contributed by atoms with Crippen molar-refractivity contribution >= 4 is 28.5 Å². The van der Waals surface area contributed by atoms with Gasteiger partial charge in [0.15, 0.2) is 11.2 Å². The van der Waals surface area contributed by atoms with Gasteiger partial charge in [0.05, 0.1) is 11.4 Å². The fraction of sp³-hybridized carbons (Fsp3) is 0.353. The fourth-order valence-electron chi connectivity index (χ4n) is 3.00. The van der Waals surface area contributed by atoms with Gasteiger partial charge in [-0.3, -0.25) is 0 Å². The van der Waals surface area contributed by atoms with Gasteiger partial charge in [-0.1, -0.05) is 22.9 Å². The van der Waals surface area contributed by atoms with Crippen molar-refractivity contribution in [3.05, 3.63) is 40.6 Å². The Hall–Kier alpha value is -2.14. The molecule has 3 aromatic rings. The molecule has 2 heterocycles. The highest BCUT2D eigenvalue weighted by atomic mass is 35.5. The molecule has 0 fully saturated rings. The summed E-state index contributed by atoms with van der Waals surface area (Å²) < 4.78 is 1.83. The second kappa shape index (κ2) is 6.16. The van der Waals surface area contributed by atoms with Gasteiger partial charge in [-0.15, -0.1) is 16.7 Å². The van der Waals surface area contributed by atoms with Crippen LogP contribution in [0.4, 0.5) is 5.69 Å². The molecule has 1 aromatic carbocycles. The van der Waals surface area contributed by atoms with Gasteiger partial charge >= 0.3 is 0 Å². The lowest BCUT2D eigenvalue weighted by atomic mass is 10.1. The van der Waals surface area contributed by atoms with Crippen LogP contribution in [-0.2, 0) is 0 Å². The van der Waals surface area contributed by atoms with Gasteiger partial charge < -0.3 is 5.32 Å². The Morgan fingerprint density at radius 1 is 1.09 bits per heavy atom. The molecule has 5 nitrogen and oxygen atoms in total. The van der Waals surface area contributed by atoms with E-state index < -0.39 is 0 Å². The van der Waals surface area contributed by atoms with Crippen LogP contribution in [0.5, 0.6) is 0 Å². The van der Waals surface area contributed by atoms with Crippen LogP contribution in [0.3, 0.4) is 0 Å². The van der Waals surface area contributed by atoms with E-state index in [1.807, 2.05) is 17.7 Å². The second-order valence-electron chi connectivity index (χ2n) is 5.85. The minimum Gasteiger partial charge on any atom is -0.382 e. The molecule has 120 valence electrons. The minimum atomic E-state index is 0.535. The molecule has 1 N–H and O–H groups in total. The van der Waals surface area contributed by atoms with Crippen LogP contribution in [0.2, 0.25) is 0 Å². The van der Waals surface area contributed by atoms with E-state index in [4.69, 9.17) is 11.6 Å². The SMILES string of the molecule is Cc1cc(C)c(-n2nnc3c(NCCCl)cc(C)nc32)c(C)c1. The van der Waals surface area contributed by atoms with E-state index in [0.717, 1.165) is 39.4 Å². The first-order chi connectivity index (χ1) is 11.0. The van der Waals surface area contributed by atoms with E-state index in [1.54, 1.807) is 0 Å². The summed E-state index contributed by atoms with van der Waals surface area (Å²) in [5, 5.41) is 12.0. The van der Waals surface area contributed by atoms with Crippen LogP contribution in [0.1, 0.15) is 22.4 Å². The number of halogens is 1. The molecule has 0 spiro atoms. The van der Waals surface area contributed by atoms with Crippen LogP contribution in [0, 0.1) is 27.7 Å².